The van der Waals surface area contributed by atoms with Crippen LogP contribution in [-0.4, -0.2) is 17.9 Å². The number of halogens is 1. The van der Waals surface area contributed by atoms with E-state index in [1.54, 1.807) is 18.2 Å². The summed E-state index contributed by atoms with van der Waals surface area (Å²) in [5.74, 6) is 1.39. The van der Waals surface area contributed by atoms with E-state index in [2.05, 4.69) is 30.6 Å². The van der Waals surface area contributed by atoms with Crippen molar-refractivity contribution in [3.05, 3.63) is 42.2 Å². The maximum absolute atomic E-state index is 13.5. The minimum atomic E-state index is -0.332. The summed E-state index contributed by atoms with van der Waals surface area (Å²) < 4.78 is 13.5. The first-order valence-electron chi connectivity index (χ1n) is 11.4. The zero-order valence-corrected chi connectivity index (χ0v) is 17.8. The van der Waals surface area contributed by atoms with Crippen molar-refractivity contribution in [3.63, 3.8) is 0 Å². The lowest BCUT2D eigenvalue weighted by molar-refractivity contribution is -0.129. The molecule has 1 aromatic rings. The standard InChI is InChI=1S/C25H31FN2O2/c1-24-12-10-19-17(6-9-21-25(19,2)13-11-22(29)28-21)18(24)7-8-20(24)23(30)27-16-5-3-4-15(26)14-16/h3-5,11,13-14,17-21H,6-10,12H2,1-2H3,(H,27,30)(H,28,29)/t17?,18?,19?,20?,21?,24-,25+/m0/s1. The highest BCUT2D eigenvalue weighted by Crippen LogP contribution is 2.65. The molecule has 0 aromatic heterocycles. The molecule has 5 rings (SSSR count). The molecule has 5 unspecified atom stereocenters. The Kier molecular flexibility index (Phi) is 4.57. The summed E-state index contributed by atoms with van der Waals surface area (Å²) in [7, 11) is 0. The van der Waals surface area contributed by atoms with Gasteiger partial charge in [-0.25, -0.2) is 4.39 Å². The molecule has 2 amide bonds. The molecule has 1 aliphatic heterocycles. The lowest BCUT2D eigenvalue weighted by Crippen LogP contribution is -2.59. The Bertz CT molecular complexity index is 914. The van der Waals surface area contributed by atoms with Gasteiger partial charge in [0, 0.05) is 23.1 Å². The van der Waals surface area contributed by atoms with Crippen molar-refractivity contribution in [1.29, 1.82) is 0 Å². The molecule has 30 heavy (non-hydrogen) atoms. The van der Waals surface area contributed by atoms with Gasteiger partial charge in [-0.15, -0.1) is 0 Å². The van der Waals surface area contributed by atoms with Crippen LogP contribution in [0.5, 0.6) is 0 Å². The smallest absolute Gasteiger partial charge is 0.243 e. The first-order chi connectivity index (χ1) is 14.3. The molecule has 5 heteroatoms. The van der Waals surface area contributed by atoms with Crippen molar-refractivity contribution in [2.24, 2.45) is 34.5 Å². The van der Waals surface area contributed by atoms with E-state index in [4.69, 9.17) is 0 Å². The third-order valence-corrected chi connectivity index (χ3v) is 9.09. The second-order valence-corrected chi connectivity index (χ2v) is 10.4. The summed E-state index contributed by atoms with van der Waals surface area (Å²) in [6, 6.07) is 6.39. The van der Waals surface area contributed by atoms with Crippen LogP contribution in [-0.2, 0) is 9.59 Å². The zero-order valence-electron chi connectivity index (χ0n) is 17.8. The number of hydrogen-bond donors (Lipinski definition) is 2. The molecule has 3 saturated carbocycles. The van der Waals surface area contributed by atoms with Gasteiger partial charge in [0.15, 0.2) is 0 Å². The Morgan fingerprint density at radius 3 is 2.77 bits per heavy atom. The Balaban J connectivity index is 1.37. The van der Waals surface area contributed by atoms with Crippen molar-refractivity contribution in [2.75, 3.05) is 5.32 Å². The molecule has 0 bridgehead atoms. The van der Waals surface area contributed by atoms with Crippen molar-refractivity contribution in [3.8, 4) is 0 Å². The minimum Gasteiger partial charge on any atom is -0.349 e. The molecular formula is C25H31FN2O2. The van der Waals surface area contributed by atoms with Crippen LogP contribution in [0, 0.1) is 40.3 Å². The van der Waals surface area contributed by atoms with Crippen LogP contribution in [0.1, 0.15) is 52.4 Å². The Morgan fingerprint density at radius 1 is 1.13 bits per heavy atom. The molecular weight excluding hydrogens is 379 g/mol. The molecule has 7 atom stereocenters. The monoisotopic (exact) mass is 410 g/mol. The molecule has 4 aliphatic rings. The highest BCUT2D eigenvalue weighted by Gasteiger charge is 2.60. The second-order valence-electron chi connectivity index (χ2n) is 10.4. The van der Waals surface area contributed by atoms with Gasteiger partial charge in [0.2, 0.25) is 11.8 Å². The third-order valence-electron chi connectivity index (χ3n) is 9.09. The fourth-order valence-electron chi connectivity index (χ4n) is 7.56. The van der Waals surface area contributed by atoms with E-state index < -0.39 is 0 Å². The lowest BCUT2D eigenvalue weighted by atomic mass is 9.48. The average Bonchev–Trinajstić information content (AvgIpc) is 3.06. The summed E-state index contributed by atoms with van der Waals surface area (Å²) in [5, 5.41) is 6.17. The number of nitrogens with one attached hydrogen (secondary N) is 2. The van der Waals surface area contributed by atoms with Crippen molar-refractivity contribution >= 4 is 17.5 Å². The van der Waals surface area contributed by atoms with Gasteiger partial charge in [-0.05, 0) is 86.0 Å². The van der Waals surface area contributed by atoms with Crippen LogP contribution in [0.2, 0.25) is 0 Å². The summed E-state index contributed by atoms with van der Waals surface area (Å²) in [5.41, 5.74) is 0.542. The maximum atomic E-state index is 13.5. The molecule has 0 saturated heterocycles. The molecule has 3 fully saturated rings. The van der Waals surface area contributed by atoms with Gasteiger partial charge in [0.05, 0.1) is 0 Å². The number of benzene rings is 1. The molecule has 2 N–H and O–H groups in total. The zero-order chi connectivity index (χ0) is 21.1. The quantitative estimate of drug-likeness (QED) is 0.744. The topological polar surface area (TPSA) is 58.2 Å². The lowest BCUT2D eigenvalue weighted by Gasteiger charge is -2.58. The van der Waals surface area contributed by atoms with E-state index >= 15 is 0 Å². The number of rotatable bonds is 2. The fourth-order valence-corrected chi connectivity index (χ4v) is 7.56. The highest BCUT2D eigenvalue weighted by atomic mass is 19.1. The van der Waals surface area contributed by atoms with E-state index in [-0.39, 0.29) is 40.4 Å². The molecule has 0 radical (unpaired) electrons. The van der Waals surface area contributed by atoms with Crippen LogP contribution in [0.25, 0.3) is 0 Å². The van der Waals surface area contributed by atoms with Gasteiger partial charge >= 0.3 is 0 Å². The van der Waals surface area contributed by atoms with E-state index in [0.717, 1.165) is 38.5 Å². The summed E-state index contributed by atoms with van der Waals surface area (Å²) >= 11 is 0. The largest absolute Gasteiger partial charge is 0.349 e. The van der Waals surface area contributed by atoms with Crippen LogP contribution < -0.4 is 10.6 Å². The summed E-state index contributed by atoms with van der Waals surface area (Å²) in [6.07, 6.45) is 10.1. The van der Waals surface area contributed by atoms with Gasteiger partial charge in [-0.2, -0.15) is 0 Å². The molecule has 3 aliphatic carbocycles. The van der Waals surface area contributed by atoms with E-state index in [1.807, 2.05) is 0 Å². The predicted octanol–water partition coefficient (Wildman–Crippen LogP) is 4.68. The third kappa shape index (κ3) is 2.92. The SMILES string of the molecule is C[C@]12C=CC(=O)NC1CCC1C2CC[C@]2(C)C(C(=O)Nc3cccc(F)c3)CCC12. The Labute approximate surface area is 177 Å². The molecule has 160 valence electrons. The number of carbonyl (C=O) groups is 2. The highest BCUT2D eigenvalue weighted by molar-refractivity contribution is 5.93. The number of carbonyl (C=O) groups excluding carboxylic acids is 2. The molecule has 4 nitrogen and oxygen atoms in total. The molecule has 1 aromatic carbocycles. The van der Waals surface area contributed by atoms with Crippen LogP contribution in [0.4, 0.5) is 10.1 Å². The average molecular weight is 411 g/mol. The fraction of sp³-hybridized carbons (Fsp3) is 0.600. The van der Waals surface area contributed by atoms with Crippen molar-refractivity contribution < 1.29 is 14.0 Å². The van der Waals surface area contributed by atoms with Crippen LogP contribution in [0.3, 0.4) is 0 Å². The van der Waals surface area contributed by atoms with Gasteiger partial charge in [0.25, 0.3) is 0 Å². The second kappa shape index (κ2) is 6.93. The first-order valence-corrected chi connectivity index (χ1v) is 11.4. The summed E-state index contributed by atoms with van der Waals surface area (Å²) in [4.78, 5) is 25.1. The van der Waals surface area contributed by atoms with E-state index in [9.17, 15) is 14.0 Å². The predicted molar refractivity (Wildman–Crippen MR) is 114 cm³/mol. The minimum absolute atomic E-state index is 0.0105. The van der Waals surface area contributed by atoms with Crippen LogP contribution in [0.15, 0.2) is 36.4 Å². The Hall–Kier alpha value is -2.17. The van der Waals surface area contributed by atoms with Crippen LogP contribution >= 0.6 is 0 Å². The summed E-state index contributed by atoms with van der Waals surface area (Å²) in [6.45, 7) is 4.62. The maximum Gasteiger partial charge on any atom is 0.243 e. The first kappa shape index (κ1) is 19.8. The number of amides is 2. The number of fused-ring (bicyclic) bond motifs is 5. The molecule has 1 heterocycles. The number of anilines is 1. The van der Waals surface area contributed by atoms with Gasteiger partial charge in [-0.3, -0.25) is 9.59 Å². The van der Waals surface area contributed by atoms with E-state index in [1.165, 1.54) is 12.1 Å². The van der Waals surface area contributed by atoms with Gasteiger partial charge < -0.3 is 10.6 Å². The van der Waals surface area contributed by atoms with E-state index in [0.29, 0.717) is 23.4 Å². The number of hydrogen-bond acceptors (Lipinski definition) is 2. The van der Waals surface area contributed by atoms with Gasteiger partial charge in [-0.1, -0.05) is 26.0 Å². The Morgan fingerprint density at radius 2 is 1.97 bits per heavy atom. The van der Waals surface area contributed by atoms with Crippen molar-refractivity contribution in [1.82, 2.24) is 5.32 Å². The van der Waals surface area contributed by atoms with Gasteiger partial charge in [0.1, 0.15) is 5.82 Å². The molecule has 0 spiro atoms. The van der Waals surface area contributed by atoms with Crippen molar-refractivity contribution in [2.45, 2.75) is 58.4 Å². The normalized spacial score (nSPS) is 42.0.